The second-order valence-corrected chi connectivity index (χ2v) is 5.27. The van der Waals surface area contributed by atoms with Gasteiger partial charge in [-0.2, -0.15) is 0 Å². The van der Waals surface area contributed by atoms with Crippen molar-refractivity contribution in [1.29, 1.82) is 0 Å². The van der Waals surface area contributed by atoms with E-state index in [0.29, 0.717) is 0 Å². The highest BCUT2D eigenvalue weighted by molar-refractivity contribution is 5.83. The molecule has 1 unspecified atom stereocenters. The molecule has 1 atom stereocenters. The molecule has 0 aliphatic heterocycles. The van der Waals surface area contributed by atoms with Gasteiger partial charge in [-0.25, -0.2) is 4.39 Å². The van der Waals surface area contributed by atoms with Gasteiger partial charge in [-0.05, 0) is 47.0 Å². The van der Waals surface area contributed by atoms with Gasteiger partial charge in [0.2, 0.25) is 0 Å². The maximum absolute atomic E-state index is 13.4. The Labute approximate surface area is 117 Å². The maximum atomic E-state index is 13.4. The van der Waals surface area contributed by atoms with Crippen LogP contribution >= 0.6 is 0 Å². The molecule has 2 N–H and O–H groups in total. The van der Waals surface area contributed by atoms with Gasteiger partial charge in [-0.15, -0.1) is 0 Å². The quantitative estimate of drug-likeness (QED) is 0.738. The highest BCUT2D eigenvalue weighted by Crippen LogP contribution is 2.29. The zero-order chi connectivity index (χ0) is 14.2. The van der Waals surface area contributed by atoms with Crippen molar-refractivity contribution < 1.29 is 4.39 Å². The fraction of sp³-hybridized carbons (Fsp3) is 0.111. The lowest BCUT2D eigenvalue weighted by molar-refractivity contribution is 0.582. The first-order chi connectivity index (χ1) is 9.57. The number of hydrogen-bond donors (Lipinski definition) is 1. The summed E-state index contributed by atoms with van der Waals surface area (Å²) in [6, 6.07) is 20.7. The summed E-state index contributed by atoms with van der Waals surface area (Å²) in [5.41, 5.74) is 7.48. The molecule has 0 aromatic heterocycles. The largest absolute Gasteiger partial charge is 0.318 e. The van der Waals surface area contributed by atoms with E-state index in [1.165, 1.54) is 17.5 Å². The molecule has 3 rings (SSSR count). The molecule has 1 nitrogen and oxygen atoms in total. The summed E-state index contributed by atoms with van der Waals surface area (Å²) in [6.45, 7) is 1.91. The van der Waals surface area contributed by atoms with E-state index in [1.807, 2.05) is 31.2 Å². The number of benzene rings is 3. The number of hydrogen-bond acceptors (Lipinski definition) is 1. The van der Waals surface area contributed by atoms with E-state index in [2.05, 4.69) is 24.3 Å². The fourth-order valence-corrected chi connectivity index (χ4v) is 2.49. The summed E-state index contributed by atoms with van der Waals surface area (Å²) in [7, 11) is 0. The van der Waals surface area contributed by atoms with Crippen LogP contribution in [0.4, 0.5) is 4.39 Å². The minimum absolute atomic E-state index is 0.264. The standard InChI is InChI=1S/C18H16FN/c1-18(20,15-7-4-8-17(19)12-15)16-10-9-13-5-2-3-6-14(13)11-16/h2-12H,20H2,1H3. The lowest BCUT2D eigenvalue weighted by Crippen LogP contribution is -2.34. The molecule has 0 amide bonds. The van der Waals surface area contributed by atoms with Crippen LogP contribution in [0.3, 0.4) is 0 Å². The van der Waals surface area contributed by atoms with Gasteiger partial charge in [0.1, 0.15) is 5.82 Å². The third-order valence-corrected chi connectivity index (χ3v) is 3.77. The molecule has 0 aliphatic carbocycles. The minimum atomic E-state index is -0.716. The molecule has 100 valence electrons. The van der Waals surface area contributed by atoms with E-state index in [1.54, 1.807) is 6.07 Å². The van der Waals surface area contributed by atoms with Crippen LogP contribution in [0.25, 0.3) is 10.8 Å². The van der Waals surface area contributed by atoms with Gasteiger partial charge < -0.3 is 5.73 Å². The van der Waals surface area contributed by atoms with Crippen LogP contribution in [0.2, 0.25) is 0 Å². The molecule has 0 fully saturated rings. The van der Waals surface area contributed by atoms with Gasteiger partial charge in [0, 0.05) is 0 Å². The molecule has 2 heteroatoms. The Morgan fingerprint density at radius 1 is 0.800 bits per heavy atom. The zero-order valence-electron chi connectivity index (χ0n) is 11.3. The Balaban J connectivity index is 2.13. The SMILES string of the molecule is CC(N)(c1cccc(F)c1)c1ccc2ccccc2c1. The van der Waals surface area contributed by atoms with Crippen molar-refractivity contribution in [1.82, 2.24) is 0 Å². The monoisotopic (exact) mass is 265 g/mol. The molecular weight excluding hydrogens is 249 g/mol. The van der Waals surface area contributed by atoms with Gasteiger partial charge in [-0.1, -0.05) is 48.5 Å². The highest BCUT2D eigenvalue weighted by atomic mass is 19.1. The Morgan fingerprint density at radius 3 is 2.25 bits per heavy atom. The van der Waals surface area contributed by atoms with Crippen molar-refractivity contribution in [2.45, 2.75) is 12.5 Å². The van der Waals surface area contributed by atoms with Crippen molar-refractivity contribution in [3.63, 3.8) is 0 Å². The smallest absolute Gasteiger partial charge is 0.123 e. The van der Waals surface area contributed by atoms with Crippen molar-refractivity contribution >= 4 is 10.8 Å². The van der Waals surface area contributed by atoms with Crippen LogP contribution in [-0.4, -0.2) is 0 Å². The van der Waals surface area contributed by atoms with Gasteiger partial charge in [-0.3, -0.25) is 0 Å². The van der Waals surface area contributed by atoms with Crippen molar-refractivity contribution in [3.8, 4) is 0 Å². The molecule has 0 saturated heterocycles. The van der Waals surface area contributed by atoms with Crippen molar-refractivity contribution in [2.24, 2.45) is 5.73 Å². The van der Waals surface area contributed by atoms with E-state index in [0.717, 1.165) is 16.5 Å². The van der Waals surface area contributed by atoms with Gasteiger partial charge >= 0.3 is 0 Å². The summed E-state index contributed by atoms with van der Waals surface area (Å²) >= 11 is 0. The third kappa shape index (κ3) is 2.19. The Kier molecular flexibility index (Phi) is 3.03. The normalized spacial score (nSPS) is 14.2. The summed E-state index contributed by atoms with van der Waals surface area (Å²) in [4.78, 5) is 0. The zero-order valence-corrected chi connectivity index (χ0v) is 11.3. The second kappa shape index (κ2) is 4.73. The van der Waals surface area contributed by atoms with E-state index >= 15 is 0 Å². The van der Waals surface area contributed by atoms with Crippen LogP contribution in [0, 0.1) is 5.82 Å². The first-order valence-electron chi connectivity index (χ1n) is 6.61. The Hall–Kier alpha value is -2.19. The van der Waals surface area contributed by atoms with Crippen LogP contribution in [0.15, 0.2) is 66.7 Å². The summed E-state index contributed by atoms with van der Waals surface area (Å²) in [5.74, 6) is -0.264. The Bertz CT molecular complexity index is 762. The third-order valence-electron chi connectivity index (χ3n) is 3.77. The molecular formula is C18H16FN. The van der Waals surface area contributed by atoms with Crippen LogP contribution in [0.1, 0.15) is 18.1 Å². The molecule has 0 heterocycles. The first-order valence-corrected chi connectivity index (χ1v) is 6.61. The van der Waals surface area contributed by atoms with Crippen molar-refractivity contribution in [3.05, 3.63) is 83.7 Å². The van der Waals surface area contributed by atoms with Crippen molar-refractivity contribution in [2.75, 3.05) is 0 Å². The molecule has 20 heavy (non-hydrogen) atoms. The summed E-state index contributed by atoms with van der Waals surface area (Å²) < 4.78 is 13.4. The lowest BCUT2D eigenvalue weighted by atomic mass is 9.85. The predicted octanol–water partition coefficient (Wildman–Crippen LogP) is 4.20. The summed E-state index contributed by atoms with van der Waals surface area (Å²) in [5, 5.41) is 2.31. The average molecular weight is 265 g/mol. The van der Waals surface area contributed by atoms with E-state index < -0.39 is 5.54 Å². The molecule has 0 saturated carbocycles. The average Bonchev–Trinajstić information content (AvgIpc) is 2.46. The minimum Gasteiger partial charge on any atom is -0.318 e. The molecule has 0 radical (unpaired) electrons. The second-order valence-electron chi connectivity index (χ2n) is 5.27. The lowest BCUT2D eigenvalue weighted by Gasteiger charge is -2.26. The van der Waals surface area contributed by atoms with Gasteiger partial charge in [0.05, 0.1) is 5.54 Å². The molecule has 0 spiro atoms. The fourth-order valence-electron chi connectivity index (χ4n) is 2.49. The Morgan fingerprint density at radius 2 is 1.50 bits per heavy atom. The molecule has 3 aromatic carbocycles. The molecule has 0 bridgehead atoms. The van der Waals surface area contributed by atoms with E-state index in [4.69, 9.17) is 5.73 Å². The highest BCUT2D eigenvalue weighted by Gasteiger charge is 2.24. The number of halogens is 1. The van der Waals surface area contributed by atoms with E-state index in [9.17, 15) is 4.39 Å². The predicted molar refractivity (Wildman–Crippen MR) is 81.0 cm³/mol. The maximum Gasteiger partial charge on any atom is 0.123 e. The van der Waals surface area contributed by atoms with Crippen LogP contribution < -0.4 is 5.73 Å². The molecule has 3 aromatic rings. The number of rotatable bonds is 2. The van der Waals surface area contributed by atoms with Crippen LogP contribution in [0.5, 0.6) is 0 Å². The molecule has 0 aliphatic rings. The first kappa shape index (κ1) is 12.8. The topological polar surface area (TPSA) is 26.0 Å². The van der Waals surface area contributed by atoms with E-state index in [-0.39, 0.29) is 5.82 Å². The van der Waals surface area contributed by atoms with Crippen LogP contribution in [-0.2, 0) is 5.54 Å². The number of nitrogens with two attached hydrogens (primary N) is 1. The summed E-state index contributed by atoms with van der Waals surface area (Å²) in [6.07, 6.45) is 0. The van der Waals surface area contributed by atoms with Gasteiger partial charge in [0.15, 0.2) is 0 Å². The number of fused-ring (bicyclic) bond motifs is 1. The van der Waals surface area contributed by atoms with Gasteiger partial charge in [0.25, 0.3) is 0 Å².